The molecule has 0 saturated heterocycles. The van der Waals surface area contributed by atoms with Gasteiger partial charge >= 0.3 is 0 Å². The average molecular weight is 299 g/mol. The van der Waals surface area contributed by atoms with Crippen molar-refractivity contribution in [2.45, 2.75) is 0 Å². The summed E-state index contributed by atoms with van der Waals surface area (Å²) >= 11 is 12.4. The standard InChI is InChI=1S/C16H8Cl2N2/c17-15-7-13(11-3-1-2-10(6-11)8-19)14-9-20-5-4-12(14)16(15)18/h1-7,9H. The van der Waals surface area contributed by atoms with E-state index in [1.54, 1.807) is 18.5 Å². The second kappa shape index (κ2) is 5.13. The normalized spacial score (nSPS) is 10.4. The number of rotatable bonds is 1. The zero-order valence-corrected chi connectivity index (χ0v) is 11.8. The molecule has 0 aliphatic rings. The van der Waals surface area contributed by atoms with E-state index in [0.717, 1.165) is 21.9 Å². The van der Waals surface area contributed by atoms with Gasteiger partial charge in [-0.05, 0) is 35.4 Å². The van der Waals surface area contributed by atoms with E-state index in [0.29, 0.717) is 15.6 Å². The molecule has 0 aliphatic carbocycles. The van der Waals surface area contributed by atoms with Crippen LogP contribution in [0.2, 0.25) is 10.0 Å². The van der Waals surface area contributed by atoms with Gasteiger partial charge in [-0.3, -0.25) is 4.98 Å². The summed E-state index contributed by atoms with van der Waals surface area (Å²) < 4.78 is 0. The second-order valence-corrected chi connectivity index (χ2v) is 5.12. The summed E-state index contributed by atoms with van der Waals surface area (Å²) in [5.41, 5.74) is 2.44. The summed E-state index contributed by atoms with van der Waals surface area (Å²) in [4.78, 5) is 4.15. The Morgan fingerprint density at radius 2 is 1.90 bits per heavy atom. The number of fused-ring (bicyclic) bond motifs is 1. The van der Waals surface area contributed by atoms with Crippen molar-refractivity contribution in [2.75, 3.05) is 0 Å². The van der Waals surface area contributed by atoms with Crippen molar-refractivity contribution in [2.24, 2.45) is 0 Å². The topological polar surface area (TPSA) is 36.7 Å². The predicted octanol–water partition coefficient (Wildman–Crippen LogP) is 5.08. The molecule has 1 aromatic heterocycles. The maximum atomic E-state index is 9.01. The predicted molar refractivity (Wildman–Crippen MR) is 81.9 cm³/mol. The first-order chi connectivity index (χ1) is 9.70. The Bertz CT molecular complexity index is 851. The number of pyridine rings is 1. The Morgan fingerprint density at radius 1 is 1.05 bits per heavy atom. The first-order valence-electron chi connectivity index (χ1n) is 5.93. The van der Waals surface area contributed by atoms with Crippen LogP contribution in [0.3, 0.4) is 0 Å². The van der Waals surface area contributed by atoms with Crippen LogP contribution in [0.15, 0.2) is 48.8 Å². The number of halogens is 2. The molecule has 2 aromatic carbocycles. The fourth-order valence-corrected chi connectivity index (χ4v) is 2.62. The summed E-state index contributed by atoms with van der Waals surface area (Å²) in [7, 11) is 0. The van der Waals surface area contributed by atoms with E-state index in [2.05, 4.69) is 11.1 Å². The van der Waals surface area contributed by atoms with Crippen LogP contribution in [0.1, 0.15) is 5.56 Å². The van der Waals surface area contributed by atoms with Crippen LogP contribution in [0, 0.1) is 11.3 Å². The monoisotopic (exact) mass is 298 g/mol. The molecule has 0 bridgehead atoms. The number of hydrogen-bond acceptors (Lipinski definition) is 2. The SMILES string of the molecule is N#Cc1cccc(-c2cc(Cl)c(Cl)c3ccncc23)c1. The molecule has 0 amide bonds. The molecule has 0 aliphatic heterocycles. The highest BCUT2D eigenvalue weighted by molar-refractivity contribution is 6.45. The van der Waals surface area contributed by atoms with Gasteiger partial charge in [0.1, 0.15) is 0 Å². The van der Waals surface area contributed by atoms with Crippen molar-refractivity contribution in [1.82, 2.24) is 4.98 Å². The van der Waals surface area contributed by atoms with Crippen molar-refractivity contribution >= 4 is 34.0 Å². The molecule has 0 atom stereocenters. The Hall–Kier alpha value is -2.08. The summed E-state index contributed by atoms with van der Waals surface area (Å²) in [6, 6.07) is 13.2. The van der Waals surface area contributed by atoms with Crippen molar-refractivity contribution in [3.05, 3.63) is 64.4 Å². The third-order valence-electron chi connectivity index (χ3n) is 3.13. The zero-order chi connectivity index (χ0) is 14.1. The minimum Gasteiger partial charge on any atom is -0.264 e. The van der Waals surface area contributed by atoms with Crippen LogP contribution in [-0.2, 0) is 0 Å². The second-order valence-electron chi connectivity index (χ2n) is 4.33. The van der Waals surface area contributed by atoms with Crippen LogP contribution in [-0.4, -0.2) is 4.98 Å². The molecule has 0 fully saturated rings. The largest absolute Gasteiger partial charge is 0.264 e. The first kappa shape index (κ1) is 12.9. The molecule has 0 N–H and O–H groups in total. The van der Waals surface area contributed by atoms with Crippen molar-refractivity contribution in [3.8, 4) is 17.2 Å². The Kier molecular flexibility index (Phi) is 3.31. The van der Waals surface area contributed by atoms with Crippen LogP contribution in [0.25, 0.3) is 21.9 Å². The molecule has 0 radical (unpaired) electrons. The van der Waals surface area contributed by atoms with Crippen LogP contribution in [0.4, 0.5) is 0 Å². The Morgan fingerprint density at radius 3 is 2.70 bits per heavy atom. The Balaban J connectivity index is 2.36. The fourth-order valence-electron chi connectivity index (χ4n) is 2.19. The van der Waals surface area contributed by atoms with Gasteiger partial charge in [0.15, 0.2) is 0 Å². The van der Waals surface area contributed by atoms with Gasteiger partial charge in [0.25, 0.3) is 0 Å². The fraction of sp³-hybridized carbons (Fsp3) is 0. The lowest BCUT2D eigenvalue weighted by atomic mass is 9.98. The molecule has 3 aromatic rings. The van der Waals surface area contributed by atoms with Gasteiger partial charge in [0, 0.05) is 23.2 Å². The number of nitrogens with zero attached hydrogens (tertiary/aromatic N) is 2. The summed E-state index contributed by atoms with van der Waals surface area (Å²) in [5, 5.41) is 11.8. The number of nitriles is 1. The summed E-state index contributed by atoms with van der Waals surface area (Å²) in [5.74, 6) is 0. The van der Waals surface area contributed by atoms with Gasteiger partial charge < -0.3 is 0 Å². The number of hydrogen-bond donors (Lipinski definition) is 0. The molecular weight excluding hydrogens is 291 g/mol. The van der Waals surface area contributed by atoms with E-state index in [1.165, 1.54) is 0 Å². The molecule has 3 rings (SSSR count). The van der Waals surface area contributed by atoms with Crippen LogP contribution < -0.4 is 0 Å². The zero-order valence-electron chi connectivity index (χ0n) is 10.3. The molecule has 20 heavy (non-hydrogen) atoms. The number of benzene rings is 2. The maximum absolute atomic E-state index is 9.01. The minimum absolute atomic E-state index is 0.489. The molecular formula is C16H8Cl2N2. The molecule has 1 heterocycles. The highest BCUT2D eigenvalue weighted by atomic mass is 35.5. The average Bonchev–Trinajstić information content (AvgIpc) is 2.51. The molecule has 0 spiro atoms. The highest BCUT2D eigenvalue weighted by Crippen LogP contribution is 2.37. The quantitative estimate of drug-likeness (QED) is 0.628. The smallest absolute Gasteiger partial charge is 0.0991 e. The molecule has 96 valence electrons. The maximum Gasteiger partial charge on any atom is 0.0991 e. The van der Waals surface area contributed by atoms with Gasteiger partial charge in [-0.2, -0.15) is 5.26 Å². The van der Waals surface area contributed by atoms with Gasteiger partial charge in [0.05, 0.1) is 21.7 Å². The van der Waals surface area contributed by atoms with E-state index in [-0.39, 0.29) is 0 Å². The van der Waals surface area contributed by atoms with Crippen molar-refractivity contribution in [3.63, 3.8) is 0 Å². The lowest BCUT2D eigenvalue weighted by Crippen LogP contribution is -1.86. The van der Waals surface area contributed by atoms with E-state index in [1.807, 2.05) is 30.3 Å². The van der Waals surface area contributed by atoms with Crippen LogP contribution >= 0.6 is 23.2 Å². The van der Waals surface area contributed by atoms with Crippen molar-refractivity contribution < 1.29 is 0 Å². The lowest BCUT2D eigenvalue weighted by molar-refractivity contribution is 1.36. The minimum atomic E-state index is 0.489. The third-order valence-corrected chi connectivity index (χ3v) is 3.93. The van der Waals surface area contributed by atoms with E-state index in [4.69, 9.17) is 28.5 Å². The summed E-state index contributed by atoms with van der Waals surface area (Å²) in [6.45, 7) is 0. The molecule has 0 unspecified atom stereocenters. The third kappa shape index (κ3) is 2.12. The first-order valence-corrected chi connectivity index (χ1v) is 6.68. The molecule has 0 saturated carbocycles. The van der Waals surface area contributed by atoms with E-state index in [9.17, 15) is 0 Å². The molecule has 4 heteroatoms. The highest BCUT2D eigenvalue weighted by Gasteiger charge is 2.11. The van der Waals surface area contributed by atoms with Gasteiger partial charge in [0.2, 0.25) is 0 Å². The molecule has 2 nitrogen and oxygen atoms in total. The number of aromatic nitrogens is 1. The Labute approximate surface area is 126 Å². The van der Waals surface area contributed by atoms with Crippen molar-refractivity contribution in [1.29, 1.82) is 5.26 Å². The van der Waals surface area contributed by atoms with Gasteiger partial charge in [-0.15, -0.1) is 0 Å². The lowest BCUT2D eigenvalue weighted by Gasteiger charge is -2.10. The van der Waals surface area contributed by atoms with Gasteiger partial charge in [-0.1, -0.05) is 35.3 Å². The summed E-state index contributed by atoms with van der Waals surface area (Å²) in [6.07, 6.45) is 3.44. The van der Waals surface area contributed by atoms with Crippen LogP contribution in [0.5, 0.6) is 0 Å². The van der Waals surface area contributed by atoms with E-state index < -0.39 is 0 Å². The van der Waals surface area contributed by atoms with E-state index >= 15 is 0 Å². The van der Waals surface area contributed by atoms with Gasteiger partial charge in [-0.25, -0.2) is 0 Å².